The second-order valence-electron chi connectivity index (χ2n) is 8.92. The van der Waals surface area contributed by atoms with Crippen LogP contribution >= 0.6 is 11.6 Å². The summed E-state index contributed by atoms with van der Waals surface area (Å²) in [7, 11) is -4.02. The summed E-state index contributed by atoms with van der Waals surface area (Å²) < 4.78 is 67.3. The number of nitrogens with one attached hydrogen (secondary N) is 1. The van der Waals surface area contributed by atoms with Crippen LogP contribution in [-0.4, -0.2) is 31.3 Å². The van der Waals surface area contributed by atoms with Crippen molar-refractivity contribution in [1.29, 1.82) is 5.26 Å². The standard InChI is InChI=1S/C23H20ClF3N2O4S/c24-16-4-3-12(22(31)29-15-6-17(25)20(27)18(26)7-15)5-19(16)34(32,33)21-13-1-2-14(21)9-23(8-13,10-28)11-30/h3-7,13-14,21,30H,1-2,8-9,11H2,(H,29,31). The first-order valence-electron chi connectivity index (χ1n) is 10.5. The number of anilines is 1. The average Bonchev–Trinajstić information content (AvgIpc) is 3.09. The normalized spacial score (nSPS) is 26.2. The molecule has 2 bridgehead atoms. The molecule has 0 aromatic heterocycles. The predicted octanol–water partition coefficient (Wildman–Crippen LogP) is 4.47. The number of nitrogens with zero attached hydrogens (tertiary/aromatic N) is 1. The van der Waals surface area contributed by atoms with Gasteiger partial charge in [0.1, 0.15) is 0 Å². The molecule has 2 aliphatic carbocycles. The molecular weight excluding hydrogens is 493 g/mol. The van der Waals surface area contributed by atoms with E-state index in [0.717, 1.165) is 6.07 Å². The Labute approximate surface area is 199 Å². The molecule has 2 aromatic carbocycles. The van der Waals surface area contributed by atoms with E-state index in [-0.39, 0.29) is 52.5 Å². The summed E-state index contributed by atoms with van der Waals surface area (Å²) in [6.07, 6.45) is 1.69. The number of hydrogen-bond donors (Lipinski definition) is 2. The lowest BCUT2D eigenvalue weighted by Gasteiger charge is -2.39. The van der Waals surface area contributed by atoms with Crippen LogP contribution in [0.25, 0.3) is 0 Å². The van der Waals surface area contributed by atoms with Crippen molar-refractivity contribution in [2.24, 2.45) is 17.3 Å². The van der Waals surface area contributed by atoms with Gasteiger partial charge in [-0.25, -0.2) is 21.6 Å². The van der Waals surface area contributed by atoms with Crippen LogP contribution in [0.3, 0.4) is 0 Å². The molecule has 0 saturated heterocycles. The molecule has 2 aliphatic rings. The van der Waals surface area contributed by atoms with E-state index >= 15 is 0 Å². The third-order valence-electron chi connectivity index (χ3n) is 6.78. The van der Waals surface area contributed by atoms with Crippen molar-refractivity contribution in [3.05, 3.63) is 58.4 Å². The minimum atomic E-state index is -4.02. The number of aliphatic hydroxyl groups is 1. The van der Waals surface area contributed by atoms with E-state index in [9.17, 15) is 36.8 Å². The van der Waals surface area contributed by atoms with Crippen molar-refractivity contribution < 1.29 is 31.5 Å². The van der Waals surface area contributed by atoms with Crippen molar-refractivity contribution in [2.45, 2.75) is 35.8 Å². The van der Waals surface area contributed by atoms with Crippen molar-refractivity contribution in [2.75, 3.05) is 11.9 Å². The van der Waals surface area contributed by atoms with E-state index in [0.29, 0.717) is 25.0 Å². The largest absolute Gasteiger partial charge is 0.395 e. The van der Waals surface area contributed by atoms with Crippen LogP contribution in [0.1, 0.15) is 36.0 Å². The van der Waals surface area contributed by atoms with Gasteiger partial charge in [0.05, 0.1) is 33.3 Å². The molecule has 2 saturated carbocycles. The fourth-order valence-electron chi connectivity index (χ4n) is 5.27. The maximum absolute atomic E-state index is 13.6. The van der Waals surface area contributed by atoms with E-state index in [1.165, 1.54) is 12.1 Å². The molecule has 6 nitrogen and oxygen atoms in total. The number of hydrogen-bond acceptors (Lipinski definition) is 5. The monoisotopic (exact) mass is 512 g/mol. The molecule has 2 fully saturated rings. The Morgan fingerprint density at radius 3 is 2.26 bits per heavy atom. The minimum Gasteiger partial charge on any atom is -0.395 e. The second-order valence-corrected chi connectivity index (χ2v) is 11.4. The van der Waals surface area contributed by atoms with Gasteiger partial charge in [-0.05, 0) is 55.7 Å². The average molecular weight is 513 g/mol. The molecule has 34 heavy (non-hydrogen) atoms. The van der Waals surface area contributed by atoms with Gasteiger partial charge >= 0.3 is 0 Å². The smallest absolute Gasteiger partial charge is 0.255 e. The highest BCUT2D eigenvalue weighted by Gasteiger charge is 2.54. The predicted molar refractivity (Wildman–Crippen MR) is 117 cm³/mol. The molecule has 2 unspecified atom stereocenters. The van der Waals surface area contributed by atoms with Gasteiger partial charge in [0, 0.05) is 23.4 Å². The van der Waals surface area contributed by atoms with Gasteiger partial charge in [0.15, 0.2) is 27.3 Å². The Balaban J connectivity index is 1.64. The quantitative estimate of drug-likeness (QED) is 0.575. The summed E-state index contributed by atoms with van der Waals surface area (Å²) in [4.78, 5) is 12.4. The Hall–Kier alpha value is -2.61. The number of halogens is 4. The van der Waals surface area contributed by atoms with Crippen LogP contribution in [0.15, 0.2) is 35.2 Å². The van der Waals surface area contributed by atoms with Gasteiger partial charge in [0.2, 0.25) is 0 Å². The van der Waals surface area contributed by atoms with Crippen LogP contribution in [0.2, 0.25) is 5.02 Å². The lowest BCUT2D eigenvalue weighted by Crippen LogP contribution is -2.43. The SMILES string of the molecule is N#CC1(CO)CC2CCC(C1)C2S(=O)(=O)c1cc(C(=O)Nc2cc(F)c(F)c(F)c2)ccc1Cl. The summed E-state index contributed by atoms with van der Waals surface area (Å²) >= 11 is 6.21. The highest BCUT2D eigenvalue weighted by atomic mass is 35.5. The molecule has 2 atom stereocenters. The zero-order valence-corrected chi connectivity index (χ0v) is 19.3. The summed E-state index contributed by atoms with van der Waals surface area (Å²) in [5.74, 6) is -6.20. The van der Waals surface area contributed by atoms with Gasteiger partial charge in [0.25, 0.3) is 5.91 Å². The summed E-state index contributed by atoms with van der Waals surface area (Å²) in [5, 5.41) is 20.6. The molecule has 1 amide bonds. The van der Waals surface area contributed by atoms with Crippen molar-refractivity contribution >= 4 is 33.0 Å². The first-order chi connectivity index (χ1) is 16.0. The van der Waals surface area contributed by atoms with Crippen molar-refractivity contribution in [3.8, 4) is 6.07 Å². The first-order valence-corrected chi connectivity index (χ1v) is 12.5. The summed E-state index contributed by atoms with van der Waals surface area (Å²) in [6, 6.07) is 6.96. The van der Waals surface area contributed by atoms with Crippen LogP contribution in [-0.2, 0) is 9.84 Å². The molecule has 180 valence electrons. The van der Waals surface area contributed by atoms with E-state index in [1.54, 1.807) is 0 Å². The Kier molecular flexibility index (Phi) is 6.40. The zero-order chi connectivity index (χ0) is 24.8. The lowest BCUT2D eigenvalue weighted by atomic mass is 9.70. The van der Waals surface area contributed by atoms with Crippen molar-refractivity contribution in [1.82, 2.24) is 0 Å². The van der Waals surface area contributed by atoms with Gasteiger partial charge in [-0.2, -0.15) is 5.26 Å². The van der Waals surface area contributed by atoms with Crippen LogP contribution < -0.4 is 5.32 Å². The zero-order valence-electron chi connectivity index (χ0n) is 17.7. The Morgan fingerprint density at radius 1 is 1.15 bits per heavy atom. The second kappa shape index (κ2) is 8.87. The molecule has 11 heteroatoms. The van der Waals surface area contributed by atoms with Crippen LogP contribution in [0.5, 0.6) is 0 Å². The lowest BCUT2D eigenvalue weighted by molar-refractivity contribution is 0.102. The Bertz CT molecular complexity index is 1270. The maximum Gasteiger partial charge on any atom is 0.255 e. The highest BCUT2D eigenvalue weighted by Crippen LogP contribution is 2.54. The topological polar surface area (TPSA) is 107 Å². The molecule has 0 heterocycles. The molecular formula is C23H20ClF3N2O4S. The number of nitriles is 1. The number of benzene rings is 2. The minimum absolute atomic E-state index is 0.0888. The highest BCUT2D eigenvalue weighted by molar-refractivity contribution is 7.92. The molecule has 0 radical (unpaired) electrons. The van der Waals surface area contributed by atoms with Gasteiger partial charge in [-0.15, -0.1) is 0 Å². The van der Waals surface area contributed by atoms with Crippen LogP contribution in [0, 0.1) is 46.0 Å². The van der Waals surface area contributed by atoms with E-state index in [1.807, 2.05) is 0 Å². The van der Waals surface area contributed by atoms with Gasteiger partial charge < -0.3 is 10.4 Å². The summed E-state index contributed by atoms with van der Waals surface area (Å²) in [6.45, 7) is -0.343. The van der Waals surface area contributed by atoms with Crippen LogP contribution in [0.4, 0.5) is 18.9 Å². The fraction of sp³-hybridized carbons (Fsp3) is 0.391. The number of carbonyl (C=O) groups excluding carboxylic acids is 1. The first kappa shape index (κ1) is 24.5. The molecule has 0 spiro atoms. The number of carbonyl (C=O) groups is 1. The fourth-order valence-corrected chi connectivity index (χ4v) is 8.11. The number of aliphatic hydroxyl groups excluding tert-OH is 1. The number of amides is 1. The van der Waals surface area contributed by atoms with E-state index in [4.69, 9.17) is 11.6 Å². The molecule has 4 rings (SSSR count). The van der Waals surface area contributed by atoms with Gasteiger partial charge in [-0.1, -0.05) is 11.6 Å². The molecule has 2 N–H and O–H groups in total. The summed E-state index contributed by atoms with van der Waals surface area (Å²) in [5.41, 5.74) is -1.44. The number of sulfone groups is 1. The van der Waals surface area contributed by atoms with Gasteiger partial charge in [-0.3, -0.25) is 4.79 Å². The third kappa shape index (κ3) is 4.17. The molecule has 2 aromatic rings. The Morgan fingerprint density at radius 2 is 1.74 bits per heavy atom. The number of fused-ring (bicyclic) bond motifs is 2. The van der Waals surface area contributed by atoms with Crippen molar-refractivity contribution in [3.63, 3.8) is 0 Å². The maximum atomic E-state index is 13.6. The van der Waals surface area contributed by atoms with E-state index < -0.39 is 43.9 Å². The molecule has 0 aliphatic heterocycles. The third-order valence-corrected chi connectivity index (χ3v) is 9.66. The number of rotatable bonds is 5. The van der Waals surface area contributed by atoms with E-state index in [2.05, 4.69) is 11.4 Å².